The lowest BCUT2D eigenvalue weighted by Crippen LogP contribution is -2.29. The maximum absolute atomic E-state index is 11.9. The molecule has 9 heteroatoms. The predicted molar refractivity (Wildman–Crippen MR) is 91.9 cm³/mol. The van der Waals surface area contributed by atoms with Crippen molar-refractivity contribution in [1.82, 2.24) is 0 Å². The molecular formula is C16H31O8P. The first-order chi connectivity index (χ1) is 11.8. The van der Waals surface area contributed by atoms with Gasteiger partial charge in [0.25, 0.3) is 0 Å². The van der Waals surface area contributed by atoms with Gasteiger partial charge in [-0.2, -0.15) is 0 Å². The Hall–Kier alpha value is -0.950. The number of unbranched alkanes of at least 4 members (excludes halogenated alkanes) is 3. The summed E-state index contributed by atoms with van der Waals surface area (Å²) in [6.45, 7) is 4.83. The van der Waals surface area contributed by atoms with Crippen LogP contribution in [0.4, 0.5) is 0 Å². The fourth-order valence-corrected chi connectivity index (χ4v) is 2.65. The summed E-state index contributed by atoms with van der Waals surface area (Å²) in [6, 6.07) is 0. The quantitative estimate of drug-likeness (QED) is 0.261. The molecule has 0 aliphatic rings. The SMILES string of the molecule is CCCCCCC(=O)O[C@H](COC(=O)CCC)COP(=O)(O)OCC. The molecule has 0 fully saturated rings. The molecule has 0 heterocycles. The van der Waals surface area contributed by atoms with E-state index < -0.39 is 32.5 Å². The van der Waals surface area contributed by atoms with Gasteiger partial charge in [0.15, 0.2) is 6.10 Å². The number of phosphoric ester groups is 1. The molecule has 0 amide bonds. The topological polar surface area (TPSA) is 108 Å². The van der Waals surface area contributed by atoms with E-state index in [9.17, 15) is 19.0 Å². The van der Waals surface area contributed by atoms with Crippen molar-refractivity contribution in [3.63, 3.8) is 0 Å². The number of phosphoric acid groups is 1. The van der Waals surface area contributed by atoms with Crippen LogP contribution >= 0.6 is 7.82 Å². The monoisotopic (exact) mass is 382 g/mol. The lowest BCUT2D eigenvalue weighted by Gasteiger charge is -2.19. The van der Waals surface area contributed by atoms with Crippen molar-refractivity contribution in [1.29, 1.82) is 0 Å². The van der Waals surface area contributed by atoms with Gasteiger partial charge < -0.3 is 14.4 Å². The van der Waals surface area contributed by atoms with Crippen molar-refractivity contribution < 1.29 is 37.6 Å². The van der Waals surface area contributed by atoms with Crippen LogP contribution in [-0.4, -0.2) is 42.8 Å². The maximum atomic E-state index is 11.9. The zero-order chi connectivity index (χ0) is 19.1. The molecule has 0 bridgehead atoms. The van der Waals surface area contributed by atoms with Crippen LogP contribution in [0.15, 0.2) is 0 Å². The maximum Gasteiger partial charge on any atom is 0.472 e. The van der Waals surface area contributed by atoms with Crippen molar-refractivity contribution in [2.45, 2.75) is 71.8 Å². The summed E-state index contributed by atoms with van der Waals surface area (Å²) >= 11 is 0. The number of rotatable bonds is 15. The highest BCUT2D eigenvalue weighted by molar-refractivity contribution is 7.47. The number of hydrogen-bond acceptors (Lipinski definition) is 7. The molecule has 0 saturated carbocycles. The summed E-state index contributed by atoms with van der Waals surface area (Å²) in [6.07, 6.45) is 3.88. The standard InChI is InChI=1S/C16H31O8P/c1-4-7-8-9-11-16(18)24-14(12-21-15(17)10-5-2)13-23-25(19,20)22-6-3/h14H,4-13H2,1-3H3,(H,19,20)/t14-/m1/s1. The summed E-state index contributed by atoms with van der Waals surface area (Å²) in [7, 11) is -4.21. The molecular weight excluding hydrogens is 351 g/mol. The molecule has 25 heavy (non-hydrogen) atoms. The van der Waals surface area contributed by atoms with Crippen LogP contribution in [0.25, 0.3) is 0 Å². The summed E-state index contributed by atoms with van der Waals surface area (Å²) in [5, 5.41) is 0. The Bertz CT molecular complexity index is 426. The Morgan fingerprint density at radius 3 is 2.24 bits per heavy atom. The minimum atomic E-state index is -4.21. The van der Waals surface area contributed by atoms with Crippen LogP contribution in [-0.2, 0) is 32.7 Å². The van der Waals surface area contributed by atoms with E-state index in [1.165, 1.54) is 0 Å². The molecule has 0 radical (unpaired) electrons. The van der Waals surface area contributed by atoms with Gasteiger partial charge in [0.1, 0.15) is 6.61 Å². The summed E-state index contributed by atoms with van der Waals surface area (Å²) in [4.78, 5) is 32.7. The van der Waals surface area contributed by atoms with Gasteiger partial charge in [0.05, 0.1) is 13.2 Å². The molecule has 0 saturated heterocycles. The summed E-state index contributed by atoms with van der Waals surface area (Å²) < 4.78 is 31.1. The molecule has 1 N–H and O–H groups in total. The minimum Gasteiger partial charge on any atom is -0.462 e. The van der Waals surface area contributed by atoms with Crippen molar-refractivity contribution in [2.24, 2.45) is 0 Å². The summed E-state index contributed by atoms with van der Waals surface area (Å²) in [5.74, 6) is -0.885. The van der Waals surface area contributed by atoms with Crippen molar-refractivity contribution in [3.8, 4) is 0 Å². The third-order valence-electron chi connectivity index (χ3n) is 3.13. The zero-order valence-electron chi connectivity index (χ0n) is 15.4. The van der Waals surface area contributed by atoms with Gasteiger partial charge in [-0.3, -0.25) is 18.6 Å². The van der Waals surface area contributed by atoms with Crippen LogP contribution in [0.5, 0.6) is 0 Å². The lowest BCUT2D eigenvalue weighted by atomic mass is 10.1. The van der Waals surface area contributed by atoms with Crippen LogP contribution < -0.4 is 0 Å². The Kier molecular flexibility index (Phi) is 13.7. The van der Waals surface area contributed by atoms with E-state index in [1.807, 2.05) is 6.92 Å². The Labute approximate surface area is 149 Å². The Morgan fingerprint density at radius 2 is 1.64 bits per heavy atom. The fourth-order valence-electron chi connectivity index (χ4n) is 1.90. The molecule has 0 aliphatic heterocycles. The molecule has 0 aliphatic carbocycles. The fraction of sp³-hybridized carbons (Fsp3) is 0.875. The average molecular weight is 382 g/mol. The first-order valence-corrected chi connectivity index (χ1v) is 10.3. The second-order valence-electron chi connectivity index (χ2n) is 5.54. The van der Waals surface area contributed by atoms with Crippen molar-refractivity contribution >= 4 is 19.8 Å². The van der Waals surface area contributed by atoms with Gasteiger partial charge in [0.2, 0.25) is 0 Å². The normalized spacial score (nSPS) is 14.6. The van der Waals surface area contributed by atoms with E-state index >= 15 is 0 Å². The van der Waals surface area contributed by atoms with Gasteiger partial charge in [-0.1, -0.05) is 33.1 Å². The Morgan fingerprint density at radius 1 is 0.920 bits per heavy atom. The smallest absolute Gasteiger partial charge is 0.462 e. The number of ether oxygens (including phenoxy) is 2. The highest BCUT2D eigenvalue weighted by Gasteiger charge is 2.25. The molecule has 0 aromatic heterocycles. The van der Waals surface area contributed by atoms with Gasteiger partial charge in [0, 0.05) is 12.8 Å². The highest BCUT2D eigenvalue weighted by Crippen LogP contribution is 2.43. The molecule has 0 aromatic rings. The van der Waals surface area contributed by atoms with Crippen LogP contribution in [0.3, 0.4) is 0 Å². The minimum absolute atomic E-state index is 0.00114. The third kappa shape index (κ3) is 14.0. The van der Waals surface area contributed by atoms with Crippen LogP contribution in [0, 0.1) is 0 Å². The molecule has 0 spiro atoms. The van der Waals surface area contributed by atoms with E-state index in [1.54, 1.807) is 6.92 Å². The van der Waals surface area contributed by atoms with E-state index in [0.29, 0.717) is 12.8 Å². The van der Waals surface area contributed by atoms with Crippen molar-refractivity contribution in [3.05, 3.63) is 0 Å². The predicted octanol–water partition coefficient (Wildman–Crippen LogP) is 3.37. The largest absolute Gasteiger partial charge is 0.472 e. The molecule has 2 atom stereocenters. The van der Waals surface area contributed by atoms with Crippen LogP contribution in [0.2, 0.25) is 0 Å². The van der Waals surface area contributed by atoms with E-state index in [4.69, 9.17) is 14.0 Å². The van der Waals surface area contributed by atoms with Gasteiger partial charge in [-0.25, -0.2) is 4.57 Å². The van der Waals surface area contributed by atoms with Gasteiger partial charge in [-0.15, -0.1) is 0 Å². The molecule has 1 unspecified atom stereocenters. The first kappa shape index (κ1) is 24.1. The summed E-state index contributed by atoms with van der Waals surface area (Å²) in [5.41, 5.74) is 0. The third-order valence-corrected chi connectivity index (χ3v) is 4.19. The Balaban J connectivity index is 4.47. The number of carbonyl (C=O) groups excluding carboxylic acids is 2. The average Bonchev–Trinajstić information content (AvgIpc) is 2.54. The highest BCUT2D eigenvalue weighted by atomic mass is 31.2. The van der Waals surface area contributed by atoms with Gasteiger partial charge in [-0.05, 0) is 19.8 Å². The van der Waals surface area contributed by atoms with E-state index in [-0.39, 0.29) is 26.1 Å². The van der Waals surface area contributed by atoms with E-state index in [0.717, 1.165) is 19.3 Å². The second-order valence-corrected chi connectivity index (χ2v) is 6.99. The molecule has 0 rings (SSSR count). The van der Waals surface area contributed by atoms with Gasteiger partial charge >= 0.3 is 19.8 Å². The van der Waals surface area contributed by atoms with E-state index in [2.05, 4.69) is 11.4 Å². The number of esters is 2. The lowest BCUT2D eigenvalue weighted by molar-refractivity contribution is -0.161. The molecule has 8 nitrogen and oxygen atoms in total. The zero-order valence-corrected chi connectivity index (χ0v) is 16.3. The first-order valence-electron chi connectivity index (χ1n) is 8.81. The van der Waals surface area contributed by atoms with Crippen LogP contribution in [0.1, 0.15) is 65.7 Å². The van der Waals surface area contributed by atoms with Crippen molar-refractivity contribution in [2.75, 3.05) is 19.8 Å². The molecule has 0 aromatic carbocycles. The number of carbonyl (C=O) groups is 2. The molecule has 148 valence electrons. The second kappa shape index (κ2) is 14.2. The number of hydrogen-bond donors (Lipinski definition) is 1.